The summed E-state index contributed by atoms with van der Waals surface area (Å²) in [6, 6.07) is 10.8. The molecule has 0 N–H and O–H groups in total. The zero-order valence-electron chi connectivity index (χ0n) is 14.0. The van der Waals surface area contributed by atoms with Crippen LogP contribution in [-0.2, 0) is 21.2 Å². The first-order chi connectivity index (χ1) is 12.5. The first-order valence-corrected chi connectivity index (χ1v) is 11.1. The number of thiophene rings is 1. The molecule has 0 spiro atoms. The zero-order valence-corrected chi connectivity index (χ0v) is 15.7. The van der Waals surface area contributed by atoms with Crippen LogP contribution in [0.1, 0.15) is 11.3 Å². The summed E-state index contributed by atoms with van der Waals surface area (Å²) in [5.41, 5.74) is 0. The van der Waals surface area contributed by atoms with E-state index in [0.717, 1.165) is 4.88 Å². The summed E-state index contributed by atoms with van der Waals surface area (Å²) >= 11 is 1.55. The highest BCUT2D eigenvalue weighted by Gasteiger charge is 2.39. The lowest BCUT2D eigenvalue weighted by atomic mass is 10.1. The summed E-state index contributed by atoms with van der Waals surface area (Å²) in [5.74, 6) is 1.05. The van der Waals surface area contributed by atoms with Crippen LogP contribution in [0.4, 0.5) is 0 Å². The predicted molar refractivity (Wildman–Crippen MR) is 98.3 cm³/mol. The molecule has 1 saturated heterocycles. The number of fused-ring (bicyclic) bond motifs is 1. The fourth-order valence-electron chi connectivity index (χ4n) is 3.30. The van der Waals surface area contributed by atoms with Crippen molar-refractivity contribution in [2.75, 3.05) is 18.1 Å². The molecule has 0 unspecified atom stereocenters. The molecule has 2 atom stereocenters. The van der Waals surface area contributed by atoms with Crippen molar-refractivity contribution in [3.63, 3.8) is 0 Å². The van der Waals surface area contributed by atoms with Gasteiger partial charge in [0.1, 0.15) is 6.61 Å². The third-order valence-electron chi connectivity index (χ3n) is 4.62. The largest absolute Gasteiger partial charge is 0.485 e. The average molecular weight is 393 g/mol. The van der Waals surface area contributed by atoms with Crippen LogP contribution >= 0.6 is 11.3 Å². The second-order valence-corrected chi connectivity index (χ2v) is 9.73. The maximum Gasteiger partial charge on any atom is 0.267 e. The minimum absolute atomic E-state index is 0.00821. The van der Waals surface area contributed by atoms with Crippen LogP contribution in [-0.4, -0.2) is 49.5 Å². The van der Waals surface area contributed by atoms with Crippen molar-refractivity contribution in [1.29, 1.82) is 0 Å². The number of carbonyl (C=O) groups is 1. The van der Waals surface area contributed by atoms with Gasteiger partial charge in [-0.1, -0.05) is 18.2 Å². The highest BCUT2D eigenvalue weighted by atomic mass is 32.2. The van der Waals surface area contributed by atoms with E-state index in [4.69, 9.17) is 9.47 Å². The Balaban J connectivity index is 1.56. The Kier molecular flexibility index (Phi) is 4.62. The maximum atomic E-state index is 13.2. The molecule has 138 valence electrons. The molecule has 0 saturated carbocycles. The van der Waals surface area contributed by atoms with Gasteiger partial charge >= 0.3 is 0 Å². The molecule has 1 aromatic heterocycles. The molecule has 1 aromatic carbocycles. The Morgan fingerprint density at radius 3 is 2.69 bits per heavy atom. The van der Waals surface area contributed by atoms with Crippen LogP contribution in [0.15, 0.2) is 41.8 Å². The molecule has 0 aliphatic carbocycles. The Bertz CT molecular complexity index is 894. The van der Waals surface area contributed by atoms with Crippen molar-refractivity contribution >= 4 is 27.1 Å². The van der Waals surface area contributed by atoms with Crippen LogP contribution < -0.4 is 9.47 Å². The summed E-state index contributed by atoms with van der Waals surface area (Å²) in [5, 5.41) is 1.94. The van der Waals surface area contributed by atoms with Crippen LogP contribution in [0.25, 0.3) is 0 Å². The lowest BCUT2D eigenvalue weighted by molar-refractivity contribution is -0.143. The van der Waals surface area contributed by atoms with Crippen molar-refractivity contribution < 1.29 is 22.7 Å². The van der Waals surface area contributed by atoms with Gasteiger partial charge in [0.15, 0.2) is 21.3 Å². The van der Waals surface area contributed by atoms with Gasteiger partial charge in [-0.3, -0.25) is 4.79 Å². The average Bonchev–Trinajstić information content (AvgIpc) is 3.27. The Labute approximate surface area is 156 Å². The molecule has 4 rings (SSSR count). The number of ether oxygens (including phenoxy) is 2. The molecule has 8 heteroatoms. The zero-order chi connectivity index (χ0) is 18.1. The van der Waals surface area contributed by atoms with Crippen molar-refractivity contribution in [3.05, 3.63) is 46.7 Å². The lowest BCUT2D eigenvalue weighted by Crippen LogP contribution is -2.50. The summed E-state index contributed by atoms with van der Waals surface area (Å²) in [6.07, 6.45) is -0.308. The number of carbonyl (C=O) groups excluding carboxylic acids is 1. The second kappa shape index (κ2) is 6.92. The molecule has 26 heavy (non-hydrogen) atoms. The van der Waals surface area contributed by atoms with Gasteiger partial charge in [-0.05, 0) is 30.0 Å². The van der Waals surface area contributed by atoms with E-state index in [1.54, 1.807) is 28.4 Å². The van der Waals surface area contributed by atoms with Gasteiger partial charge in [0, 0.05) is 10.9 Å². The van der Waals surface area contributed by atoms with E-state index in [9.17, 15) is 13.2 Å². The monoisotopic (exact) mass is 393 g/mol. The summed E-state index contributed by atoms with van der Waals surface area (Å²) < 4.78 is 35.3. The summed E-state index contributed by atoms with van der Waals surface area (Å²) in [4.78, 5) is 15.8. The van der Waals surface area contributed by atoms with Crippen LogP contribution in [0.5, 0.6) is 11.5 Å². The number of hydrogen-bond donors (Lipinski definition) is 0. The molecule has 2 aliphatic heterocycles. The Morgan fingerprint density at radius 2 is 2.00 bits per heavy atom. The summed E-state index contributed by atoms with van der Waals surface area (Å²) in [6.45, 7) is 0.508. The maximum absolute atomic E-state index is 13.2. The Morgan fingerprint density at radius 1 is 1.19 bits per heavy atom. The number of hydrogen-bond acceptors (Lipinski definition) is 6. The number of sulfone groups is 1. The van der Waals surface area contributed by atoms with Gasteiger partial charge in [0.05, 0.1) is 18.1 Å². The second-order valence-electron chi connectivity index (χ2n) is 6.47. The Hall–Kier alpha value is -2.06. The van der Waals surface area contributed by atoms with E-state index in [0.29, 0.717) is 24.5 Å². The van der Waals surface area contributed by atoms with Crippen LogP contribution in [0, 0.1) is 0 Å². The smallest absolute Gasteiger partial charge is 0.267 e. The third kappa shape index (κ3) is 3.57. The molecular formula is C18H19NO5S2. The van der Waals surface area contributed by atoms with E-state index in [2.05, 4.69) is 0 Å². The van der Waals surface area contributed by atoms with E-state index < -0.39 is 15.9 Å². The van der Waals surface area contributed by atoms with E-state index in [1.807, 2.05) is 29.6 Å². The number of benzene rings is 1. The third-order valence-corrected chi connectivity index (χ3v) is 7.23. The fourth-order valence-corrected chi connectivity index (χ4v) is 5.74. The molecular weight excluding hydrogens is 374 g/mol. The molecule has 2 aliphatic rings. The first kappa shape index (κ1) is 17.4. The summed E-state index contributed by atoms with van der Waals surface area (Å²) in [7, 11) is -3.09. The molecule has 6 nitrogen and oxygen atoms in total. The normalized spacial score (nSPS) is 23.5. The van der Waals surface area contributed by atoms with Crippen molar-refractivity contribution in [2.45, 2.75) is 25.1 Å². The number of para-hydroxylation sites is 2. The standard InChI is InChI=1S/C18H19NO5S2/c20-18(17-11-23-15-5-1-2-6-16(15)24-17)19(10-14-4-3-8-25-14)13-7-9-26(21,22)12-13/h1-6,8,13,17H,7,9-12H2/t13-,17+/m1/s1. The van der Waals surface area contributed by atoms with Crippen LogP contribution in [0.2, 0.25) is 0 Å². The SMILES string of the molecule is O=C([C@@H]1COc2ccccc2O1)N(Cc1cccs1)[C@@H]1CCS(=O)(=O)C1. The van der Waals surface area contributed by atoms with Gasteiger partial charge < -0.3 is 14.4 Å². The lowest BCUT2D eigenvalue weighted by Gasteiger charge is -2.33. The topological polar surface area (TPSA) is 72.9 Å². The van der Waals surface area contributed by atoms with Crippen molar-refractivity contribution in [1.82, 2.24) is 4.90 Å². The van der Waals surface area contributed by atoms with E-state index >= 15 is 0 Å². The molecule has 1 fully saturated rings. The number of nitrogens with zero attached hydrogens (tertiary/aromatic N) is 1. The molecule has 1 amide bonds. The van der Waals surface area contributed by atoms with Gasteiger partial charge in [-0.15, -0.1) is 11.3 Å². The van der Waals surface area contributed by atoms with Crippen LogP contribution in [0.3, 0.4) is 0 Å². The van der Waals surface area contributed by atoms with E-state index in [-0.39, 0.29) is 30.1 Å². The molecule has 0 radical (unpaired) electrons. The number of rotatable bonds is 4. The van der Waals surface area contributed by atoms with Crippen molar-refractivity contribution in [2.24, 2.45) is 0 Å². The van der Waals surface area contributed by atoms with Crippen molar-refractivity contribution in [3.8, 4) is 11.5 Å². The quantitative estimate of drug-likeness (QED) is 0.795. The highest BCUT2D eigenvalue weighted by Crippen LogP contribution is 2.32. The van der Waals surface area contributed by atoms with Gasteiger partial charge in [0.2, 0.25) is 6.10 Å². The van der Waals surface area contributed by atoms with Gasteiger partial charge in [-0.2, -0.15) is 0 Å². The number of amides is 1. The minimum atomic E-state index is -3.09. The first-order valence-electron chi connectivity index (χ1n) is 8.43. The molecule has 0 bridgehead atoms. The highest BCUT2D eigenvalue weighted by molar-refractivity contribution is 7.91. The van der Waals surface area contributed by atoms with Gasteiger partial charge in [0.25, 0.3) is 5.91 Å². The minimum Gasteiger partial charge on any atom is -0.485 e. The van der Waals surface area contributed by atoms with E-state index in [1.165, 1.54) is 0 Å². The fraction of sp³-hybridized carbons (Fsp3) is 0.389. The van der Waals surface area contributed by atoms with Gasteiger partial charge in [-0.25, -0.2) is 8.42 Å². The molecule has 2 aromatic rings. The predicted octanol–water partition coefficient (Wildman–Crippen LogP) is 2.10. The molecule has 3 heterocycles.